The summed E-state index contributed by atoms with van der Waals surface area (Å²) in [4.78, 5) is 23.0. The Balaban J connectivity index is 3.73. The van der Waals surface area contributed by atoms with E-state index in [1.165, 1.54) is 77.0 Å². The van der Waals surface area contributed by atoms with Crippen molar-refractivity contribution >= 4 is 11.9 Å². The van der Waals surface area contributed by atoms with Crippen molar-refractivity contribution in [1.82, 2.24) is 0 Å². The number of hydrogen-bond acceptors (Lipinski definition) is 3. The van der Waals surface area contributed by atoms with E-state index in [0.29, 0.717) is 12.8 Å². The molecule has 0 aromatic carbocycles. The third kappa shape index (κ3) is 34.4. The predicted molar refractivity (Wildman–Crippen MR) is 190 cm³/mol. The molecule has 0 aliphatic carbocycles. The first-order valence-corrected chi connectivity index (χ1v) is 18.6. The van der Waals surface area contributed by atoms with Gasteiger partial charge in [-0.1, -0.05) is 152 Å². The number of esters is 1. The molecule has 0 aliphatic rings. The maximum absolute atomic E-state index is 12.5. The maximum Gasteiger partial charge on any atom is 0.306 e. The van der Waals surface area contributed by atoms with Gasteiger partial charge in [-0.05, 0) is 70.6 Å². The van der Waals surface area contributed by atoms with Gasteiger partial charge >= 0.3 is 11.9 Å². The topological polar surface area (TPSA) is 63.6 Å². The van der Waals surface area contributed by atoms with E-state index in [2.05, 4.69) is 62.5 Å². The van der Waals surface area contributed by atoms with E-state index < -0.39 is 5.97 Å². The lowest BCUT2D eigenvalue weighted by Crippen LogP contribution is -2.18. The first-order chi connectivity index (χ1) is 21.6. The lowest BCUT2D eigenvalue weighted by atomic mass is 10.0. The number of carbonyl (C=O) groups excluding carboxylic acids is 1. The third-order valence-corrected chi connectivity index (χ3v) is 8.07. The predicted octanol–water partition coefficient (Wildman–Crippen LogP) is 12.8. The molecule has 0 aromatic rings. The minimum atomic E-state index is -0.669. The largest absolute Gasteiger partial charge is 0.481 e. The van der Waals surface area contributed by atoms with Crippen molar-refractivity contribution in [3.05, 3.63) is 48.6 Å². The molecule has 4 nitrogen and oxygen atoms in total. The van der Waals surface area contributed by atoms with Gasteiger partial charge in [-0.15, -0.1) is 0 Å². The van der Waals surface area contributed by atoms with Gasteiger partial charge in [0, 0.05) is 12.8 Å². The number of unbranched alkanes of at least 4 members (excludes halogenated alkanes) is 16. The zero-order valence-electron chi connectivity index (χ0n) is 29.0. The zero-order chi connectivity index (χ0) is 32.2. The minimum absolute atomic E-state index is 0.00515. The molecule has 0 aromatic heterocycles. The van der Waals surface area contributed by atoms with Crippen LogP contribution in [-0.4, -0.2) is 23.1 Å². The van der Waals surface area contributed by atoms with Gasteiger partial charge in [0.15, 0.2) is 0 Å². The van der Waals surface area contributed by atoms with Crippen molar-refractivity contribution in [3.63, 3.8) is 0 Å². The molecule has 0 heterocycles. The first kappa shape index (κ1) is 41.9. The highest BCUT2D eigenvalue weighted by atomic mass is 16.5. The summed E-state index contributed by atoms with van der Waals surface area (Å²) >= 11 is 0. The van der Waals surface area contributed by atoms with Gasteiger partial charge in [-0.25, -0.2) is 0 Å². The van der Waals surface area contributed by atoms with Gasteiger partial charge in [0.2, 0.25) is 0 Å². The summed E-state index contributed by atoms with van der Waals surface area (Å²) in [5.41, 5.74) is 0. The second-order valence-corrected chi connectivity index (χ2v) is 12.4. The molecule has 1 unspecified atom stereocenters. The van der Waals surface area contributed by atoms with Crippen molar-refractivity contribution in [3.8, 4) is 0 Å². The van der Waals surface area contributed by atoms with Gasteiger partial charge in [0.25, 0.3) is 0 Å². The van der Waals surface area contributed by atoms with Crippen molar-refractivity contribution in [2.45, 2.75) is 193 Å². The number of hydrogen-bond donors (Lipinski definition) is 1. The fourth-order valence-electron chi connectivity index (χ4n) is 5.34. The monoisotopic (exact) mass is 615 g/mol. The highest BCUT2D eigenvalue weighted by molar-refractivity contribution is 5.69. The van der Waals surface area contributed by atoms with Crippen molar-refractivity contribution in [1.29, 1.82) is 0 Å². The Morgan fingerprint density at radius 1 is 0.523 bits per heavy atom. The minimum Gasteiger partial charge on any atom is -0.481 e. The van der Waals surface area contributed by atoms with Crippen molar-refractivity contribution in [2.24, 2.45) is 0 Å². The van der Waals surface area contributed by atoms with Crippen LogP contribution in [0.1, 0.15) is 187 Å². The lowest BCUT2D eigenvalue weighted by molar-refractivity contribution is -0.150. The molecular formula is C40H70O4. The van der Waals surface area contributed by atoms with E-state index >= 15 is 0 Å². The maximum atomic E-state index is 12.5. The summed E-state index contributed by atoms with van der Waals surface area (Å²) in [6, 6.07) is 0. The van der Waals surface area contributed by atoms with Crippen LogP contribution in [0.5, 0.6) is 0 Å². The van der Waals surface area contributed by atoms with E-state index in [1.54, 1.807) is 0 Å². The van der Waals surface area contributed by atoms with E-state index in [0.717, 1.165) is 83.5 Å². The summed E-state index contributed by atoms with van der Waals surface area (Å²) < 4.78 is 5.90. The Kier molecular flexibility index (Phi) is 33.7. The van der Waals surface area contributed by atoms with Crippen molar-refractivity contribution in [2.75, 3.05) is 0 Å². The van der Waals surface area contributed by atoms with Gasteiger partial charge in [-0.3, -0.25) is 9.59 Å². The Labute approximate surface area is 272 Å². The van der Waals surface area contributed by atoms with Crippen LogP contribution in [0.2, 0.25) is 0 Å². The van der Waals surface area contributed by atoms with Crippen LogP contribution in [0.4, 0.5) is 0 Å². The fourth-order valence-corrected chi connectivity index (χ4v) is 5.34. The number of ether oxygens (including phenoxy) is 1. The smallest absolute Gasteiger partial charge is 0.306 e. The highest BCUT2D eigenvalue weighted by Crippen LogP contribution is 2.18. The van der Waals surface area contributed by atoms with Crippen LogP contribution >= 0.6 is 0 Å². The van der Waals surface area contributed by atoms with Gasteiger partial charge in [0.05, 0.1) is 0 Å². The summed E-state index contributed by atoms with van der Waals surface area (Å²) in [6.07, 6.45) is 47.4. The number of aliphatic carboxylic acids is 1. The Hall–Kier alpha value is -2.10. The second kappa shape index (κ2) is 35.4. The molecule has 0 aliphatic heterocycles. The lowest BCUT2D eigenvalue weighted by Gasteiger charge is -2.18. The molecule has 0 saturated heterocycles. The number of allylic oxidation sites excluding steroid dienone is 8. The Morgan fingerprint density at radius 2 is 0.955 bits per heavy atom. The SMILES string of the molecule is CC/C=C\C/C=C\C/C=C\C/C=C\CCCCC(=O)OC(CCCC)CCCCCCCCCCCCCCCCC(=O)O. The molecule has 0 rings (SSSR count). The van der Waals surface area contributed by atoms with E-state index in [9.17, 15) is 9.59 Å². The number of rotatable bonds is 33. The van der Waals surface area contributed by atoms with Gasteiger partial charge < -0.3 is 9.84 Å². The fraction of sp³-hybridized carbons (Fsp3) is 0.750. The number of carbonyl (C=O) groups is 2. The molecule has 44 heavy (non-hydrogen) atoms. The standard InChI is InChI=1S/C40H70O4/c1-3-5-7-8-9-10-11-12-13-18-21-24-27-30-33-37-40(43)44-38(34-6-4-2)35-31-28-25-22-19-16-14-15-17-20-23-26-29-32-36-39(41)42/h5,7,9-10,12-13,21,24,38H,3-4,6,8,11,14-20,22-23,25-37H2,1-2H3,(H,41,42)/b7-5-,10-9-,13-12-,24-21-. The molecule has 0 saturated carbocycles. The highest BCUT2D eigenvalue weighted by Gasteiger charge is 2.13. The van der Waals surface area contributed by atoms with Crippen molar-refractivity contribution < 1.29 is 19.4 Å². The van der Waals surface area contributed by atoms with Crippen LogP contribution in [0.25, 0.3) is 0 Å². The average Bonchev–Trinajstić information content (AvgIpc) is 3.01. The summed E-state index contributed by atoms with van der Waals surface area (Å²) in [7, 11) is 0. The molecule has 1 N–H and O–H groups in total. The van der Waals surface area contributed by atoms with Crippen LogP contribution in [0.15, 0.2) is 48.6 Å². The molecule has 0 fully saturated rings. The Morgan fingerprint density at radius 3 is 1.45 bits per heavy atom. The molecule has 0 radical (unpaired) electrons. The quantitative estimate of drug-likeness (QED) is 0.0454. The first-order valence-electron chi connectivity index (χ1n) is 18.6. The third-order valence-electron chi connectivity index (χ3n) is 8.07. The molecular weight excluding hydrogens is 544 g/mol. The second-order valence-electron chi connectivity index (χ2n) is 12.4. The van der Waals surface area contributed by atoms with Crippen LogP contribution in [0.3, 0.4) is 0 Å². The summed E-state index contributed by atoms with van der Waals surface area (Å²) in [6.45, 7) is 4.36. The molecule has 1 atom stereocenters. The molecule has 0 spiro atoms. The van der Waals surface area contributed by atoms with Crippen LogP contribution in [-0.2, 0) is 14.3 Å². The van der Waals surface area contributed by atoms with Gasteiger partial charge in [-0.2, -0.15) is 0 Å². The Bertz CT molecular complexity index is 748. The summed E-state index contributed by atoms with van der Waals surface area (Å²) in [5, 5.41) is 8.66. The van der Waals surface area contributed by atoms with E-state index in [4.69, 9.17) is 9.84 Å². The molecule has 0 bridgehead atoms. The molecule has 4 heteroatoms. The normalized spacial score (nSPS) is 12.8. The molecule has 254 valence electrons. The number of carboxylic acids is 1. The van der Waals surface area contributed by atoms with E-state index in [-0.39, 0.29) is 12.1 Å². The number of carboxylic acid groups (broad SMARTS) is 1. The zero-order valence-corrected chi connectivity index (χ0v) is 29.0. The van der Waals surface area contributed by atoms with Gasteiger partial charge in [0.1, 0.15) is 6.10 Å². The van der Waals surface area contributed by atoms with E-state index in [1.807, 2.05) is 0 Å². The van der Waals surface area contributed by atoms with Crippen LogP contribution < -0.4 is 0 Å². The molecule has 0 amide bonds. The summed E-state index contributed by atoms with van der Waals surface area (Å²) in [5.74, 6) is -0.674. The van der Waals surface area contributed by atoms with Crippen LogP contribution in [0, 0.1) is 0 Å². The average molecular weight is 615 g/mol.